The molecule has 0 saturated heterocycles. The molecule has 0 fully saturated rings. The van der Waals surface area contributed by atoms with Crippen LogP contribution in [0.5, 0.6) is 0 Å². The van der Waals surface area contributed by atoms with E-state index in [-0.39, 0.29) is 0 Å². The molecule has 0 spiro atoms. The largest absolute Gasteiger partial charge is 0.399 e. The summed E-state index contributed by atoms with van der Waals surface area (Å²) in [6.45, 7) is 0. The summed E-state index contributed by atoms with van der Waals surface area (Å²) in [5.41, 5.74) is 12.4. The predicted octanol–water partition coefficient (Wildman–Crippen LogP) is 4.45. The molecular formula is C12H11Cl2IN2. The van der Waals surface area contributed by atoms with Crippen LogP contribution in [0.25, 0.3) is 0 Å². The molecule has 5 heteroatoms. The zero-order chi connectivity index (χ0) is 12.8. The van der Waals surface area contributed by atoms with Gasteiger partial charge in [0.25, 0.3) is 0 Å². The summed E-state index contributed by atoms with van der Waals surface area (Å²) in [6.07, 6.45) is 0. The molecule has 2 aromatic carbocycles. The second-order valence-corrected chi connectivity index (χ2v) is 5.25. The minimum Gasteiger partial charge on any atom is -0.399 e. The molecule has 2 rings (SSSR count). The summed E-state index contributed by atoms with van der Waals surface area (Å²) < 4.78 is 1.00. The first-order chi connectivity index (χ1) is 7.99. The molecule has 0 amide bonds. The Balaban J connectivity index is 0.000000171. The Morgan fingerprint density at radius 1 is 0.824 bits per heavy atom. The van der Waals surface area contributed by atoms with E-state index in [1.807, 2.05) is 6.07 Å². The number of rotatable bonds is 0. The highest BCUT2D eigenvalue weighted by Crippen LogP contribution is 2.18. The number of halogens is 3. The van der Waals surface area contributed by atoms with Gasteiger partial charge in [0.05, 0.1) is 0 Å². The van der Waals surface area contributed by atoms with Crippen LogP contribution in [0, 0.1) is 3.57 Å². The first-order valence-corrected chi connectivity index (χ1v) is 6.54. The predicted molar refractivity (Wildman–Crippen MR) is 84.4 cm³/mol. The van der Waals surface area contributed by atoms with Gasteiger partial charge in [0.15, 0.2) is 0 Å². The Hall–Kier alpha value is -0.650. The SMILES string of the molecule is Nc1ccc(Cl)cc1.Nc1ccc(Cl)cc1I. The summed E-state index contributed by atoms with van der Waals surface area (Å²) in [4.78, 5) is 0. The minimum atomic E-state index is 0.721. The van der Waals surface area contributed by atoms with Crippen molar-refractivity contribution in [3.05, 3.63) is 56.1 Å². The van der Waals surface area contributed by atoms with Crippen LogP contribution in [-0.4, -0.2) is 0 Å². The van der Waals surface area contributed by atoms with E-state index in [4.69, 9.17) is 34.7 Å². The molecule has 0 aliphatic rings. The molecule has 2 nitrogen and oxygen atoms in total. The van der Waals surface area contributed by atoms with Gasteiger partial charge in [-0.25, -0.2) is 0 Å². The molecule has 0 aromatic heterocycles. The van der Waals surface area contributed by atoms with Crippen molar-refractivity contribution in [1.29, 1.82) is 0 Å². The summed E-state index contributed by atoms with van der Waals surface area (Å²) >= 11 is 13.4. The summed E-state index contributed by atoms with van der Waals surface area (Å²) in [6, 6.07) is 12.5. The molecule has 0 saturated carbocycles. The van der Waals surface area contributed by atoms with E-state index >= 15 is 0 Å². The lowest BCUT2D eigenvalue weighted by atomic mass is 10.3. The van der Waals surface area contributed by atoms with Crippen LogP contribution in [-0.2, 0) is 0 Å². The number of anilines is 2. The summed E-state index contributed by atoms with van der Waals surface area (Å²) in [5.74, 6) is 0. The highest BCUT2D eigenvalue weighted by Gasteiger charge is 1.93. The zero-order valence-electron chi connectivity index (χ0n) is 8.83. The molecule has 0 heterocycles. The molecule has 2 aromatic rings. The van der Waals surface area contributed by atoms with Crippen LogP contribution in [0.3, 0.4) is 0 Å². The third-order valence-corrected chi connectivity index (χ3v) is 3.25. The van der Waals surface area contributed by atoms with Crippen molar-refractivity contribution < 1.29 is 0 Å². The average molecular weight is 381 g/mol. The number of hydrogen-bond donors (Lipinski definition) is 2. The normalized spacial score (nSPS) is 9.35. The molecule has 0 atom stereocenters. The van der Waals surface area contributed by atoms with Crippen LogP contribution in [0.2, 0.25) is 10.0 Å². The van der Waals surface area contributed by atoms with Crippen LogP contribution in [0.15, 0.2) is 42.5 Å². The first kappa shape index (κ1) is 14.4. The molecule has 90 valence electrons. The first-order valence-electron chi connectivity index (χ1n) is 4.70. The number of nitrogens with two attached hydrogens (primary N) is 2. The fourth-order valence-electron chi connectivity index (χ4n) is 0.964. The van der Waals surface area contributed by atoms with E-state index in [0.717, 1.165) is 25.0 Å². The highest BCUT2D eigenvalue weighted by molar-refractivity contribution is 14.1. The topological polar surface area (TPSA) is 52.0 Å². The molecule has 0 bridgehead atoms. The highest BCUT2D eigenvalue weighted by atomic mass is 127. The number of benzene rings is 2. The molecule has 17 heavy (non-hydrogen) atoms. The third-order valence-electron chi connectivity index (χ3n) is 1.83. The zero-order valence-corrected chi connectivity index (χ0v) is 12.5. The third kappa shape index (κ3) is 5.48. The van der Waals surface area contributed by atoms with E-state index in [9.17, 15) is 0 Å². The molecule has 4 N–H and O–H groups in total. The van der Waals surface area contributed by atoms with Gasteiger partial charge in [0.1, 0.15) is 0 Å². The quantitative estimate of drug-likeness (QED) is 0.524. The van der Waals surface area contributed by atoms with E-state index in [1.165, 1.54) is 0 Å². The van der Waals surface area contributed by atoms with Gasteiger partial charge in [0, 0.05) is 25.0 Å². The van der Waals surface area contributed by atoms with E-state index in [0.29, 0.717) is 0 Å². The second kappa shape index (κ2) is 6.93. The molecular weight excluding hydrogens is 370 g/mol. The lowest BCUT2D eigenvalue weighted by Gasteiger charge is -1.95. The minimum absolute atomic E-state index is 0.721. The Kier molecular flexibility index (Phi) is 5.88. The monoisotopic (exact) mass is 380 g/mol. The maximum Gasteiger partial charge on any atom is 0.0450 e. The summed E-state index contributed by atoms with van der Waals surface area (Å²) in [7, 11) is 0. The van der Waals surface area contributed by atoms with Gasteiger partial charge >= 0.3 is 0 Å². The fourth-order valence-corrected chi connectivity index (χ4v) is 1.96. The lowest BCUT2D eigenvalue weighted by molar-refractivity contribution is 1.63. The standard InChI is InChI=1S/C6H5ClIN.C6H6ClN/c7-4-1-2-6(9)5(8)3-4;7-5-1-3-6(8)4-2-5/h1-3H,9H2;1-4H,8H2. The molecule has 0 radical (unpaired) electrons. The Bertz CT molecular complexity index is 465. The Morgan fingerprint density at radius 3 is 1.76 bits per heavy atom. The van der Waals surface area contributed by atoms with Crippen LogP contribution in [0.1, 0.15) is 0 Å². The smallest absolute Gasteiger partial charge is 0.0450 e. The Morgan fingerprint density at radius 2 is 1.35 bits per heavy atom. The van der Waals surface area contributed by atoms with Crippen molar-refractivity contribution in [2.75, 3.05) is 11.5 Å². The second-order valence-electron chi connectivity index (χ2n) is 3.22. The van der Waals surface area contributed by atoms with Gasteiger partial charge in [-0.2, -0.15) is 0 Å². The maximum atomic E-state index is 5.66. The average Bonchev–Trinajstić information content (AvgIpc) is 2.29. The van der Waals surface area contributed by atoms with Gasteiger partial charge in [0.2, 0.25) is 0 Å². The van der Waals surface area contributed by atoms with Crippen molar-refractivity contribution in [3.8, 4) is 0 Å². The van der Waals surface area contributed by atoms with Crippen LogP contribution < -0.4 is 11.5 Å². The molecule has 0 unspecified atom stereocenters. The van der Waals surface area contributed by atoms with Gasteiger partial charge in [-0.3, -0.25) is 0 Å². The van der Waals surface area contributed by atoms with Crippen molar-refractivity contribution >= 4 is 57.2 Å². The van der Waals surface area contributed by atoms with E-state index in [1.54, 1.807) is 36.4 Å². The van der Waals surface area contributed by atoms with Crippen LogP contribution >= 0.6 is 45.8 Å². The van der Waals surface area contributed by atoms with Gasteiger partial charge in [-0.1, -0.05) is 23.2 Å². The van der Waals surface area contributed by atoms with Crippen molar-refractivity contribution in [2.24, 2.45) is 0 Å². The van der Waals surface area contributed by atoms with E-state index < -0.39 is 0 Å². The number of nitrogen functional groups attached to an aromatic ring is 2. The maximum absolute atomic E-state index is 5.66. The van der Waals surface area contributed by atoms with Gasteiger partial charge < -0.3 is 11.5 Å². The Labute approximate surface area is 124 Å². The van der Waals surface area contributed by atoms with Gasteiger partial charge in [-0.05, 0) is 65.1 Å². The van der Waals surface area contributed by atoms with Gasteiger partial charge in [-0.15, -0.1) is 0 Å². The molecule has 0 aliphatic carbocycles. The summed E-state index contributed by atoms with van der Waals surface area (Å²) in [5, 5.41) is 1.45. The van der Waals surface area contributed by atoms with E-state index in [2.05, 4.69) is 22.6 Å². The molecule has 0 aliphatic heterocycles. The fraction of sp³-hybridized carbons (Fsp3) is 0. The van der Waals surface area contributed by atoms with Crippen molar-refractivity contribution in [3.63, 3.8) is 0 Å². The van der Waals surface area contributed by atoms with Crippen LogP contribution in [0.4, 0.5) is 11.4 Å². The lowest BCUT2D eigenvalue weighted by Crippen LogP contribution is -1.86. The van der Waals surface area contributed by atoms with Crippen molar-refractivity contribution in [1.82, 2.24) is 0 Å². The van der Waals surface area contributed by atoms with Crippen molar-refractivity contribution in [2.45, 2.75) is 0 Å². The number of hydrogen-bond acceptors (Lipinski definition) is 2.